The minimum atomic E-state index is -0.764. The molecular weight excluding hydrogens is 449 g/mol. The Hall–Kier alpha value is -1.67. The molecule has 0 aliphatic rings. The van der Waals surface area contributed by atoms with Gasteiger partial charge in [0.25, 0.3) is 0 Å². The maximum atomic E-state index is 14.5. The fourth-order valence-corrected chi connectivity index (χ4v) is 3.17. The zero-order chi connectivity index (χ0) is 17.4. The van der Waals surface area contributed by atoms with Gasteiger partial charge in [0.05, 0.1) is 18.4 Å². The number of halogens is 4. The fraction of sp³-hybridized carbons (Fsp3) is 0.118. The van der Waals surface area contributed by atoms with E-state index in [1.54, 1.807) is 11.5 Å². The molecule has 2 aromatic carbocycles. The van der Waals surface area contributed by atoms with Crippen LogP contribution in [0.4, 0.5) is 8.78 Å². The van der Waals surface area contributed by atoms with E-state index in [0.29, 0.717) is 5.82 Å². The Morgan fingerprint density at radius 3 is 2.25 bits per heavy atom. The molecule has 0 fully saturated rings. The van der Waals surface area contributed by atoms with Crippen LogP contribution >= 0.6 is 34.2 Å². The Kier molecular flexibility index (Phi) is 4.78. The number of hydrogen-bond donors (Lipinski definition) is 0. The molecule has 0 aliphatic heterocycles. The topological polar surface area (TPSA) is 27.1 Å². The van der Waals surface area contributed by atoms with Gasteiger partial charge in [0, 0.05) is 21.4 Å². The summed E-state index contributed by atoms with van der Waals surface area (Å²) in [5.74, 6) is -0.895. The number of hydrogen-bond acceptors (Lipinski definition) is 2. The van der Waals surface area contributed by atoms with Crippen molar-refractivity contribution in [1.82, 2.24) is 9.55 Å². The van der Waals surface area contributed by atoms with Crippen molar-refractivity contribution >= 4 is 34.2 Å². The van der Waals surface area contributed by atoms with Crippen LogP contribution in [-0.2, 0) is 0 Å². The first-order chi connectivity index (χ1) is 11.4. The van der Waals surface area contributed by atoms with Gasteiger partial charge >= 0.3 is 0 Å². The third-order valence-corrected chi connectivity index (χ3v) is 4.56. The molecule has 0 saturated carbocycles. The molecule has 3 nitrogen and oxygen atoms in total. The summed E-state index contributed by atoms with van der Waals surface area (Å²) in [7, 11) is 1.35. The van der Waals surface area contributed by atoms with Gasteiger partial charge in [0.2, 0.25) is 0 Å². The van der Waals surface area contributed by atoms with Gasteiger partial charge < -0.3 is 4.74 Å². The molecule has 1 heterocycles. The second-order valence-electron chi connectivity index (χ2n) is 5.08. The van der Waals surface area contributed by atoms with E-state index >= 15 is 0 Å². The van der Waals surface area contributed by atoms with Crippen molar-refractivity contribution in [3.63, 3.8) is 0 Å². The van der Waals surface area contributed by atoms with Crippen LogP contribution in [0.5, 0.6) is 5.75 Å². The third-order valence-electron chi connectivity index (χ3n) is 3.58. The van der Waals surface area contributed by atoms with Crippen molar-refractivity contribution in [2.75, 3.05) is 7.11 Å². The molecule has 0 atom stereocenters. The van der Waals surface area contributed by atoms with E-state index < -0.39 is 11.6 Å². The van der Waals surface area contributed by atoms with Crippen LogP contribution in [0.3, 0.4) is 0 Å². The minimum absolute atomic E-state index is 0.0361. The van der Waals surface area contributed by atoms with Gasteiger partial charge in [-0.15, -0.1) is 0 Å². The van der Waals surface area contributed by atoms with E-state index in [-0.39, 0.29) is 22.2 Å². The molecule has 0 bridgehead atoms. The van der Waals surface area contributed by atoms with Crippen LogP contribution in [0, 0.1) is 22.1 Å². The van der Waals surface area contributed by atoms with Crippen molar-refractivity contribution in [1.29, 1.82) is 0 Å². The maximum absolute atomic E-state index is 14.5. The normalized spacial score (nSPS) is 10.9. The van der Waals surface area contributed by atoms with E-state index in [0.717, 1.165) is 21.4 Å². The molecule has 3 aromatic rings. The minimum Gasteiger partial charge on any atom is -0.497 e. The zero-order valence-corrected chi connectivity index (χ0v) is 15.7. The molecule has 124 valence electrons. The number of methoxy groups -OCH3 is 1. The monoisotopic (exact) mass is 460 g/mol. The summed E-state index contributed by atoms with van der Waals surface area (Å²) in [6.45, 7) is 1.73. The Balaban J connectivity index is 2.28. The van der Waals surface area contributed by atoms with Gasteiger partial charge in [-0.25, -0.2) is 13.8 Å². The second-order valence-corrected chi connectivity index (χ2v) is 6.68. The average molecular weight is 461 g/mol. The molecule has 0 radical (unpaired) electrons. The predicted octanol–water partition coefficient (Wildman–Crippen LogP) is 5.39. The summed E-state index contributed by atoms with van der Waals surface area (Å²) < 4.78 is 36.6. The lowest BCUT2D eigenvalue weighted by molar-refractivity contribution is 0.407. The Morgan fingerprint density at radius 2 is 1.71 bits per heavy atom. The lowest BCUT2D eigenvalue weighted by atomic mass is 10.1. The number of benzene rings is 2. The molecule has 0 spiro atoms. The summed E-state index contributed by atoms with van der Waals surface area (Å²) >= 11 is 8.37. The Bertz CT molecular complexity index is 887. The van der Waals surface area contributed by atoms with Crippen molar-refractivity contribution in [3.8, 4) is 22.7 Å². The summed E-state index contributed by atoms with van der Waals surface area (Å²) in [5.41, 5.74) is 0.657. The van der Waals surface area contributed by atoms with Crippen LogP contribution in [0.2, 0.25) is 5.15 Å². The highest BCUT2D eigenvalue weighted by Gasteiger charge is 2.23. The molecule has 0 aliphatic carbocycles. The molecule has 0 N–H and O–H groups in total. The molecule has 3 rings (SSSR count). The summed E-state index contributed by atoms with van der Waals surface area (Å²) in [6.07, 6.45) is 0. The van der Waals surface area contributed by atoms with Gasteiger partial charge in [-0.05, 0) is 53.8 Å². The highest BCUT2D eigenvalue weighted by Crippen LogP contribution is 2.36. The number of ether oxygens (including phenoxy) is 1. The van der Waals surface area contributed by atoms with Gasteiger partial charge in [-0.2, -0.15) is 0 Å². The Morgan fingerprint density at radius 1 is 1.12 bits per heavy atom. The van der Waals surface area contributed by atoms with Gasteiger partial charge in [0.15, 0.2) is 5.15 Å². The Labute approximate surface area is 156 Å². The zero-order valence-electron chi connectivity index (χ0n) is 12.8. The predicted molar refractivity (Wildman–Crippen MR) is 97.9 cm³/mol. The van der Waals surface area contributed by atoms with E-state index in [9.17, 15) is 8.78 Å². The summed E-state index contributed by atoms with van der Waals surface area (Å²) in [6, 6.07) is 9.72. The standard InChI is InChI=1S/C17H12ClF2IN2O/c1-9-22-17(18)16(23(9)11-5-3-10(21)4-6-11)15-13(19)7-12(24-2)8-14(15)20/h3-8H,1-2H3. The third kappa shape index (κ3) is 3.00. The lowest BCUT2D eigenvalue weighted by Gasteiger charge is -2.13. The molecule has 0 unspecified atom stereocenters. The van der Waals surface area contributed by atoms with E-state index in [1.807, 2.05) is 24.3 Å². The SMILES string of the molecule is COc1cc(F)c(-c2c(Cl)nc(C)n2-c2ccc(I)cc2)c(F)c1. The number of rotatable bonds is 3. The lowest BCUT2D eigenvalue weighted by Crippen LogP contribution is -2.03. The van der Waals surface area contributed by atoms with Crippen LogP contribution < -0.4 is 4.74 Å². The molecule has 7 heteroatoms. The molecule has 24 heavy (non-hydrogen) atoms. The molecule has 0 saturated heterocycles. The van der Waals surface area contributed by atoms with Crippen molar-refractivity contribution in [2.24, 2.45) is 0 Å². The van der Waals surface area contributed by atoms with E-state index in [2.05, 4.69) is 27.6 Å². The number of aryl methyl sites for hydroxylation is 1. The largest absolute Gasteiger partial charge is 0.497 e. The van der Waals surface area contributed by atoms with Crippen molar-refractivity contribution in [3.05, 3.63) is 62.6 Å². The number of imidazole rings is 1. The van der Waals surface area contributed by atoms with Gasteiger partial charge in [-0.3, -0.25) is 4.57 Å². The fourth-order valence-electron chi connectivity index (χ4n) is 2.51. The summed E-state index contributed by atoms with van der Waals surface area (Å²) in [5, 5.41) is 0.0361. The van der Waals surface area contributed by atoms with Crippen LogP contribution in [0.1, 0.15) is 5.82 Å². The van der Waals surface area contributed by atoms with Gasteiger partial charge in [-0.1, -0.05) is 11.6 Å². The van der Waals surface area contributed by atoms with Crippen LogP contribution in [0.15, 0.2) is 36.4 Å². The maximum Gasteiger partial charge on any atom is 0.155 e. The smallest absolute Gasteiger partial charge is 0.155 e. The quantitative estimate of drug-likeness (QED) is 0.490. The van der Waals surface area contributed by atoms with Crippen LogP contribution in [-0.4, -0.2) is 16.7 Å². The first-order valence-electron chi connectivity index (χ1n) is 6.96. The first-order valence-corrected chi connectivity index (χ1v) is 8.42. The molecular formula is C17H12ClF2IN2O. The number of aromatic nitrogens is 2. The van der Waals surface area contributed by atoms with Crippen molar-refractivity contribution < 1.29 is 13.5 Å². The highest BCUT2D eigenvalue weighted by atomic mass is 127. The van der Waals surface area contributed by atoms with Crippen LogP contribution in [0.25, 0.3) is 16.9 Å². The van der Waals surface area contributed by atoms with Gasteiger partial charge in [0.1, 0.15) is 23.2 Å². The molecule has 1 aromatic heterocycles. The number of nitrogens with zero attached hydrogens (tertiary/aromatic N) is 2. The van der Waals surface area contributed by atoms with E-state index in [4.69, 9.17) is 16.3 Å². The average Bonchev–Trinajstić information content (AvgIpc) is 2.82. The second kappa shape index (κ2) is 6.68. The van der Waals surface area contributed by atoms with E-state index in [1.165, 1.54) is 7.11 Å². The van der Waals surface area contributed by atoms with Crippen molar-refractivity contribution in [2.45, 2.75) is 6.92 Å². The first kappa shape index (κ1) is 17.2. The molecule has 0 amide bonds. The summed E-state index contributed by atoms with van der Waals surface area (Å²) in [4.78, 5) is 4.17. The highest BCUT2D eigenvalue weighted by molar-refractivity contribution is 14.1.